The second-order valence-corrected chi connectivity index (χ2v) is 10.8. The van der Waals surface area contributed by atoms with Crippen molar-refractivity contribution in [3.8, 4) is 0 Å². The molecule has 2 aliphatic heterocycles. The minimum absolute atomic E-state index is 0. The maximum absolute atomic E-state index is 12.9. The Balaban J connectivity index is 0.00000320. The molecule has 3 heterocycles. The van der Waals surface area contributed by atoms with Gasteiger partial charge in [0, 0.05) is 36.6 Å². The van der Waals surface area contributed by atoms with E-state index in [0.717, 1.165) is 48.9 Å². The SMILES string of the molecule is C.CN(Cc1ccc(N2C[C@@H](C(=O)Nc3nnc(CCc4ccc(Cl)cc4)s3)CC2=O)cc1)C1COC1. The molecule has 37 heavy (non-hydrogen) atoms. The average molecular weight is 542 g/mol. The predicted octanol–water partition coefficient (Wildman–Crippen LogP) is 4.44. The lowest BCUT2D eigenvalue weighted by molar-refractivity contribution is -0.122. The Morgan fingerprint density at radius 3 is 2.49 bits per heavy atom. The first-order valence-electron chi connectivity index (χ1n) is 12.0. The number of aryl methyl sites for hydroxylation is 2. The Hall–Kier alpha value is -2.85. The maximum Gasteiger partial charge on any atom is 0.231 e. The highest BCUT2D eigenvalue weighted by atomic mass is 35.5. The van der Waals surface area contributed by atoms with E-state index in [1.807, 2.05) is 48.5 Å². The molecule has 1 N–H and O–H groups in total. The molecule has 1 aromatic heterocycles. The molecule has 2 amide bonds. The molecule has 0 unspecified atom stereocenters. The Kier molecular flexibility index (Phi) is 8.91. The fourth-order valence-corrected chi connectivity index (χ4v) is 5.19. The van der Waals surface area contributed by atoms with Gasteiger partial charge in [-0.15, -0.1) is 10.2 Å². The van der Waals surface area contributed by atoms with Gasteiger partial charge in [0.05, 0.1) is 25.2 Å². The highest BCUT2D eigenvalue weighted by Gasteiger charge is 2.35. The second-order valence-electron chi connectivity index (χ2n) is 9.29. The van der Waals surface area contributed by atoms with Gasteiger partial charge < -0.3 is 15.0 Å². The molecule has 0 radical (unpaired) electrons. The lowest BCUT2D eigenvalue weighted by Crippen LogP contribution is -2.46. The summed E-state index contributed by atoms with van der Waals surface area (Å²) in [4.78, 5) is 29.5. The zero-order valence-electron chi connectivity index (χ0n) is 20.0. The van der Waals surface area contributed by atoms with Crippen molar-refractivity contribution < 1.29 is 14.3 Å². The Morgan fingerprint density at radius 2 is 1.81 bits per heavy atom. The molecule has 3 aromatic rings. The lowest BCUT2D eigenvalue weighted by Gasteiger charge is -2.34. The second kappa shape index (κ2) is 12.1. The van der Waals surface area contributed by atoms with E-state index < -0.39 is 5.92 Å². The van der Waals surface area contributed by atoms with E-state index in [1.54, 1.807) is 4.90 Å². The van der Waals surface area contributed by atoms with Crippen molar-refractivity contribution in [2.24, 2.45) is 5.92 Å². The van der Waals surface area contributed by atoms with Gasteiger partial charge in [0.25, 0.3) is 0 Å². The number of rotatable bonds is 9. The van der Waals surface area contributed by atoms with Crippen molar-refractivity contribution in [1.82, 2.24) is 15.1 Å². The normalized spacial score (nSPS) is 17.5. The van der Waals surface area contributed by atoms with Crippen LogP contribution in [0.1, 0.15) is 30.0 Å². The number of carbonyl (C=O) groups is 2. The third-order valence-electron chi connectivity index (χ3n) is 6.66. The first-order valence-corrected chi connectivity index (χ1v) is 13.2. The van der Waals surface area contributed by atoms with Crippen LogP contribution in [0.15, 0.2) is 48.5 Å². The topological polar surface area (TPSA) is 87.7 Å². The first kappa shape index (κ1) is 27.2. The summed E-state index contributed by atoms with van der Waals surface area (Å²) < 4.78 is 5.26. The summed E-state index contributed by atoms with van der Waals surface area (Å²) in [5.74, 6) is -0.678. The van der Waals surface area contributed by atoms with E-state index in [4.69, 9.17) is 16.3 Å². The number of aromatic nitrogens is 2. The van der Waals surface area contributed by atoms with E-state index >= 15 is 0 Å². The number of hydrogen-bond donors (Lipinski definition) is 1. The van der Waals surface area contributed by atoms with Gasteiger partial charge >= 0.3 is 0 Å². The molecule has 2 fully saturated rings. The monoisotopic (exact) mass is 541 g/mol. The van der Waals surface area contributed by atoms with Gasteiger partial charge in [-0.25, -0.2) is 0 Å². The number of nitrogens with zero attached hydrogens (tertiary/aromatic N) is 4. The summed E-state index contributed by atoms with van der Waals surface area (Å²) >= 11 is 7.30. The molecular formula is C27H32ClN5O3S. The molecule has 8 nitrogen and oxygen atoms in total. The number of anilines is 2. The molecule has 0 spiro atoms. The van der Waals surface area contributed by atoms with Crippen LogP contribution >= 0.6 is 22.9 Å². The van der Waals surface area contributed by atoms with Crippen LogP contribution in [0.3, 0.4) is 0 Å². The quantitative estimate of drug-likeness (QED) is 0.431. The van der Waals surface area contributed by atoms with Gasteiger partial charge in [-0.1, -0.05) is 54.6 Å². The van der Waals surface area contributed by atoms with Crippen LogP contribution in [0.25, 0.3) is 0 Å². The van der Waals surface area contributed by atoms with Gasteiger partial charge in [0.2, 0.25) is 16.9 Å². The fraction of sp³-hybridized carbons (Fsp3) is 0.407. The first-order chi connectivity index (χ1) is 17.4. The van der Waals surface area contributed by atoms with Crippen molar-refractivity contribution in [2.75, 3.05) is 37.0 Å². The molecule has 2 aromatic carbocycles. The van der Waals surface area contributed by atoms with Crippen LogP contribution in [-0.4, -0.2) is 59.8 Å². The summed E-state index contributed by atoms with van der Waals surface area (Å²) in [6.45, 7) is 2.74. The summed E-state index contributed by atoms with van der Waals surface area (Å²) in [6, 6.07) is 16.2. The van der Waals surface area contributed by atoms with E-state index in [2.05, 4.69) is 27.5 Å². The van der Waals surface area contributed by atoms with Crippen molar-refractivity contribution in [2.45, 2.75) is 39.3 Å². The van der Waals surface area contributed by atoms with Crippen LogP contribution in [0.5, 0.6) is 0 Å². The van der Waals surface area contributed by atoms with Crippen molar-refractivity contribution in [3.63, 3.8) is 0 Å². The molecule has 5 rings (SSSR count). The van der Waals surface area contributed by atoms with Gasteiger partial charge in [-0.3, -0.25) is 14.5 Å². The van der Waals surface area contributed by atoms with Crippen LogP contribution in [-0.2, 0) is 33.7 Å². The third kappa shape index (κ3) is 6.73. The molecular weight excluding hydrogens is 510 g/mol. The van der Waals surface area contributed by atoms with Crippen LogP contribution in [0.2, 0.25) is 5.02 Å². The van der Waals surface area contributed by atoms with E-state index in [1.165, 1.54) is 16.9 Å². The van der Waals surface area contributed by atoms with Crippen molar-refractivity contribution in [1.29, 1.82) is 0 Å². The molecule has 2 aliphatic rings. The lowest BCUT2D eigenvalue weighted by atomic mass is 10.1. The zero-order valence-corrected chi connectivity index (χ0v) is 21.6. The van der Waals surface area contributed by atoms with Crippen LogP contribution in [0, 0.1) is 5.92 Å². The largest absolute Gasteiger partial charge is 0.378 e. The zero-order chi connectivity index (χ0) is 25.1. The van der Waals surface area contributed by atoms with E-state index in [9.17, 15) is 9.59 Å². The van der Waals surface area contributed by atoms with Gasteiger partial charge in [-0.05, 0) is 48.9 Å². The van der Waals surface area contributed by atoms with E-state index in [-0.39, 0.29) is 25.7 Å². The Morgan fingerprint density at radius 1 is 1.11 bits per heavy atom. The summed E-state index contributed by atoms with van der Waals surface area (Å²) in [5, 5.41) is 13.2. The number of carbonyl (C=O) groups excluding carboxylic acids is 2. The third-order valence-corrected chi connectivity index (χ3v) is 7.81. The number of likely N-dealkylation sites (N-methyl/N-ethyl adjacent to an activating group) is 1. The summed E-state index contributed by atoms with van der Waals surface area (Å²) in [7, 11) is 2.09. The fourth-order valence-electron chi connectivity index (χ4n) is 4.32. The number of hydrogen-bond acceptors (Lipinski definition) is 7. The highest BCUT2D eigenvalue weighted by molar-refractivity contribution is 7.15. The standard InChI is InChI=1S/C26H28ClN5O3S.CH4/c1-31(22-15-35-16-22)13-18-4-9-21(10-5-18)32-14-19(12-24(32)33)25(34)28-26-30-29-23(36-26)11-6-17-2-7-20(27)8-3-17;/h2-5,7-10,19,22H,6,11-16H2,1H3,(H,28,30,34);1H4/t19-;/m0./s1. The molecule has 10 heteroatoms. The number of ether oxygens (including phenoxy) is 1. The molecule has 0 saturated carbocycles. The Bertz CT molecular complexity index is 1210. The van der Waals surface area contributed by atoms with Gasteiger partial charge in [-0.2, -0.15) is 0 Å². The average Bonchev–Trinajstić information content (AvgIpc) is 3.44. The Labute approximate surface area is 226 Å². The molecule has 196 valence electrons. The highest BCUT2D eigenvalue weighted by Crippen LogP contribution is 2.27. The molecule has 0 aliphatic carbocycles. The van der Waals surface area contributed by atoms with E-state index in [0.29, 0.717) is 22.7 Å². The number of amides is 2. The molecule has 0 bridgehead atoms. The number of halogens is 1. The summed E-state index contributed by atoms with van der Waals surface area (Å²) in [5.41, 5.74) is 3.16. The smallest absolute Gasteiger partial charge is 0.231 e. The van der Waals surface area contributed by atoms with Gasteiger partial charge in [0.15, 0.2) is 0 Å². The number of benzene rings is 2. The maximum atomic E-state index is 12.9. The molecule has 2 saturated heterocycles. The number of nitrogens with one attached hydrogen (secondary N) is 1. The minimum atomic E-state index is -0.427. The van der Waals surface area contributed by atoms with Crippen LogP contribution in [0.4, 0.5) is 10.8 Å². The molecule has 1 atom stereocenters. The van der Waals surface area contributed by atoms with Crippen LogP contribution < -0.4 is 10.2 Å². The predicted molar refractivity (Wildman–Crippen MR) is 147 cm³/mol. The van der Waals surface area contributed by atoms with Crippen molar-refractivity contribution in [3.05, 3.63) is 69.7 Å². The van der Waals surface area contributed by atoms with Gasteiger partial charge in [0.1, 0.15) is 5.01 Å². The van der Waals surface area contributed by atoms with Crippen molar-refractivity contribution >= 4 is 45.6 Å². The summed E-state index contributed by atoms with van der Waals surface area (Å²) in [6.07, 6.45) is 1.72. The minimum Gasteiger partial charge on any atom is -0.378 e.